The lowest BCUT2D eigenvalue weighted by Crippen LogP contribution is -1.79. The molecule has 0 aromatic carbocycles. The van der Waals surface area contributed by atoms with Crippen molar-refractivity contribution in [2.75, 3.05) is 0 Å². The number of carbonyl (C=O) groups is 1. The molecule has 0 aromatic rings. The van der Waals surface area contributed by atoms with Gasteiger partial charge in [-0.3, -0.25) is 0 Å². The van der Waals surface area contributed by atoms with E-state index in [2.05, 4.69) is 18.7 Å². The molecule has 0 radical (unpaired) electrons. The summed E-state index contributed by atoms with van der Waals surface area (Å²) in [7, 11) is 0. The molecule has 0 N–H and O–H groups in total. The zero-order chi connectivity index (χ0) is 12.6. The van der Waals surface area contributed by atoms with Gasteiger partial charge in [-0.05, 0) is 44.9 Å². The van der Waals surface area contributed by atoms with Gasteiger partial charge in [-0.25, -0.2) is 0 Å². The Morgan fingerprint density at radius 3 is 1.65 bits per heavy atom. The van der Waals surface area contributed by atoms with E-state index < -0.39 is 0 Å². The fourth-order valence-electron chi connectivity index (χ4n) is 1.81. The van der Waals surface area contributed by atoms with Gasteiger partial charge < -0.3 is 4.79 Å². The highest BCUT2D eigenvalue weighted by Crippen LogP contribution is 2.07. The van der Waals surface area contributed by atoms with Crippen LogP contribution in [0.3, 0.4) is 0 Å². The Balaban J connectivity index is 3.04. The third kappa shape index (κ3) is 15.1. The van der Waals surface area contributed by atoms with Crippen molar-refractivity contribution in [1.29, 1.82) is 0 Å². The van der Waals surface area contributed by atoms with E-state index in [1.165, 1.54) is 51.4 Å². The molecule has 0 heterocycles. The van der Waals surface area contributed by atoms with Crippen LogP contribution in [0.1, 0.15) is 70.6 Å². The van der Waals surface area contributed by atoms with Crippen LogP contribution < -0.4 is 0 Å². The molecule has 0 saturated heterocycles. The van der Waals surface area contributed by atoms with Crippen LogP contribution in [-0.2, 0) is 4.79 Å². The summed E-state index contributed by atoms with van der Waals surface area (Å²) in [5.41, 5.74) is 0. The highest BCUT2D eigenvalue weighted by molar-refractivity contribution is 5.48. The van der Waals surface area contributed by atoms with Crippen molar-refractivity contribution in [1.82, 2.24) is 0 Å². The first-order valence-corrected chi connectivity index (χ1v) is 7.11. The normalized spacial score (nSPS) is 10.8. The minimum absolute atomic E-state index is 0.737. The summed E-state index contributed by atoms with van der Waals surface area (Å²) in [4.78, 5) is 10.1. The second-order valence-corrected chi connectivity index (χ2v) is 4.56. The molecular weight excluding hydrogens is 208 g/mol. The minimum Gasteiger partial charge on any atom is -0.303 e. The first-order chi connectivity index (χ1) is 8.41. The molecule has 0 aliphatic carbocycles. The predicted octanol–water partition coefficient (Wildman–Crippen LogP) is 5.22. The van der Waals surface area contributed by atoms with E-state index in [1.807, 2.05) is 6.08 Å². The number of aldehydes is 1. The topological polar surface area (TPSA) is 17.1 Å². The monoisotopic (exact) mass is 236 g/mol. The molecule has 0 rings (SSSR count). The first kappa shape index (κ1) is 16.1. The van der Waals surface area contributed by atoms with Crippen LogP contribution in [-0.4, -0.2) is 6.29 Å². The number of hydrogen-bond donors (Lipinski definition) is 0. The summed E-state index contributed by atoms with van der Waals surface area (Å²) >= 11 is 0. The molecule has 98 valence electrons. The van der Waals surface area contributed by atoms with E-state index in [0.717, 1.165) is 25.5 Å². The van der Waals surface area contributed by atoms with Crippen molar-refractivity contribution in [3.8, 4) is 0 Å². The fraction of sp³-hybridized carbons (Fsp3) is 0.688. The van der Waals surface area contributed by atoms with Crippen LogP contribution in [0.4, 0.5) is 0 Å². The van der Waals surface area contributed by atoms with Crippen LogP contribution in [0.2, 0.25) is 0 Å². The summed E-state index contributed by atoms with van der Waals surface area (Å²) in [6, 6.07) is 0. The highest BCUT2D eigenvalue weighted by atomic mass is 16.1. The molecule has 17 heavy (non-hydrogen) atoms. The maximum absolute atomic E-state index is 10.1. The Labute approximate surface area is 107 Å². The summed E-state index contributed by atoms with van der Waals surface area (Å²) in [6.45, 7) is 3.72. The summed E-state index contributed by atoms with van der Waals surface area (Å²) in [6.07, 6.45) is 20.7. The van der Waals surface area contributed by atoms with Crippen molar-refractivity contribution in [3.63, 3.8) is 0 Å². The molecule has 0 aromatic heterocycles. The van der Waals surface area contributed by atoms with Crippen molar-refractivity contribution in [3.05, 3.63) is 24.8 Å². The Morgan fingerprint density at radius 2 is 1.12 bits per heavy atom. The third-order valence-electron chi connectivity index (χ3n) is 2.89. The summed E-state index contributed by atoms with van der Waals surface area (Å²) in [5.74, 6) is 0. The highest BCUT2D eigenvalue weighted by Gasteiger charge is 1.88. The molecule has 0 fully saturated rings. The SMILES string of the molecule is C=CCCCCCC=CCCCCCCC=O. The maximum Gasteiger partial charge on any atom is 0.119 e. The largest absolute Gasteiger partial charge is 0.303 e. The van der Waals surface area contributed by atoms with Crippen LogP contribution in [0, 0.1) is 0 Å². The van der Waals surface area contributed by atoms with E-state index in [-0.39, 0.29) is 0 Å². The van der Waals surface area contributed by atoms with E-state index in [9.17, 15) is 4.79 Å². The van der Waals surface area contributed by atoms with E-state index in [0.29, 0.717) is 0 Å². The smallest absolute Gasteiger partial charge is 0.119 e. The number of unbranched alkanes of at least 4 members (excludes halogenated alkanes) is 9. The Bertz CT molecular complexity index is 194. The van der Waals surface area contributed by atoms with Crippen molar-refractivity contribution in [2.45, 2.75) is 70.6 Å². The van der Waals surface area contributed by atoms with E-state index in [1.54, 1.807) is 0 Å². The average molecular weight is 236 g/mol. The van der Waals surface area contributed by atoms with Gasteiger partial charge in [0, 0.05) is 6.42 Å². The lowest BCUT2D eigenvalue weighted by atomic mass is 10.1. The molecule has 1 nitrogen and oxygen atoms in total. The maximum atomic E-state index is 10.1. The van der Waals surface area contributed by atoms with Gasteiger partial charge in [0.15, 0.2) is 0 Å². The van der Waals surface area contributed by atoms with Gasteiger partial charge in [-0.1, -0.05) is 37.5 Å². The molecule has 0 aliphatic heterocycles. The Kier molecular flexibility index (Phi) is 14.4. The predicted molar refractivity (Wildman–Crippen MR) is 76.2 cm³/mol. The zero-order valence-electron chi connectivity index (χ0n) is 11.2. The van der Waals surface area contributed by atoms with Crippen molar-refractivity contribution in [2.24, 2.45) is 0 Å². The van der Waals surface area contributed by atoms with Gasteiger partial charge in [0.1, 0.15) is 6.29 Å². The van der Waals surface area contributed by atoms with Gasteiger partial charge in [0.25, 0.3) is 0 Å². The first-order valence-electron chi connectivity index (χ1n) is 7.11. The standard InChI is InChI=1S/C16H28O/c1-2-3-4-5-6-7-8-9-10-11-12-13-14-15-16-17/h2,8-9,16H,1,3-7,10-15H2. The molecule has 0 unspecified atom stereocenters. The number of hydrogen-bond acceptors (Lipinski definition) is 1. The quantitative estimate of drug-likeness (QED) is 0.243. The molecule has 0 atom stereocenters. The molecule has 0 amide bonds. The Morgan fingerprint density at radius 1 is 0.647 bits per heavy atom. The lowest BCUT2D eigenvalue weighted by molar-refractivity contribution is -0.107. The van der Waals surface area contributed by atoms with Crippen molar-refractivity contribution < 1.29 is 4.79 Å². The second-order valence-electron chi connectivity index (χ2n) is 4.56. The van der Waals surface area contributed by atoms with Crippen LogP contribution in [0.15, 0.2) is 24.8 Å². The number of allylic oxidation sites excluding steroid dienone is 3. The fourth-order valence-corrected chi connectivity index (χ4v) is 1.81. The van der Waals surface area contributed by atoms with E-state index in [4.69, 9.17) is 0 Å². The molecule has 0 saturated carbocycles. The number of rotatable bonds is 13. The van der Waals surface area contributed by atoms with Crippen LogP contribution in [0.25, 0.3) is 0 Å². The zero-order valence-corrected chi connectivity index (χ0v) is 11.2. The van der Waals surface area contributed by atoms with Gasteiger partial charge in [-0.15, -0.1) is 6.58 Å². The Hall–Kier alpha value is -0.850. The number of carbonyl (C=O) groups excluding carboxylic acids is 1. The second kappa shape index (κ2) is 15.1. The third-order valence-corrected chi connectivity index (χ3v) is 2.89. The van der Waals surface area contributed by atoms with Gasteiger partial charge in [0.2, 0.25) is 0 Å². The summed E-state index contributed by atoms with van der Waals surface area (Å²) < 4.78 is 0. The van der Waals surface area contributed by atoms with Crippen LogP contribution in [0.5, 0.6) is 0 Å². The van der Waals surface area contributed by atoms with E-state index >= 15 is 0 Å². The molecular formula is C16H28O. The molecule has 0 bridgehead atoms. The average Bonchev–Trinajstić information content (AvgIpc) is 2.35. The van der Waals surface area contributed by atoms with Crippen molar-refractivity contribution >= 4 is 6.29 Å². The van der Waals surface area contributed by atoms with Gasteiger partial charge >= 0.3 is 0 Å². The minimum atomic E-state index is 0.737. The van der Waals surface area contributed by atoms with Gasteiger partial charge in [0.05, 0.1) is 0 Å². The van der Waals surface area contributed by atoms with Crippen LogP contribution >= 0.6 is 0 Å². The molecule has 0 aliphatic rings. The van der Waals surface area contributed by atoms with Gasteiger partial charge in [-0.2, -0.15) is 0 Å². The molecule has 1 heteroatoms. The lowest BCUT2D eigenvalue weighted by Gasteiger charge is -1.96. The summed E-state index contributed by atoms with van der Waals surface area (Å²) in [5, 5.41) is 0. The molecule has 0 spiro atoms.